The van der Waals surface area contributed by atoms with Crippen molar-refractivity contribution < 1.29 is 4.79 Å². The lowest BCUT2D eigenvalue weighted by molar-refractivity contribution is 0.262. The summed E-state index contributed by atoms with van der Waals surface area (Å²) in [6, 6.07) is 15.6. The van der Waals surface area contributed by atoms with Crippen LogP contribution in [0.15, 0.2) is 60.1 Å². The Bertz CT molecular complexity index is 1210. The average Bonchev–Trinajstić information content (AvgIpc) is 3.36. The van der Waals surface area contributed by atoms with Crippen LogP contribution in [-0.2, 0) is 12.8 Å². The van der Waals surface area contributed by atoms with E-state index in [1.807, 2.05) is 36.4 Å². The Balaban J connectivity index is 1.31. The highest BCUT2D eigenvalue weighted by Gasteiger charge is 2.13. The van der Waals surface area contributed by atoms with Crippen molar-refractivity contribution in [2.75, 3.05) is 16.4 Å². The molecule has 2 aromatic heterocycles. The van der Waals surface area contributed by atoms with E-state index in [4.69, 9.17) is 5.73 Å². The number of nitrogens with zero attached hydrogens (tertiary/aromatic N) is 1. The van der Waals surface area contributed by atoms with E-state index in [9.17, 15) is 4.79 Å². The Labute approximate surface area is 172 Å². The van der Waals surface area contributed by atoms with E-state index in [2.05, 4.69) is 33.1 Å². The zero-order valence-electron chi connectivity index (χ0n) is 15.7. The normalized spacial score (nSPS) is 12.7. The van der Waals surface area contributed by atoms with Crippen LogP contribution < -0.4 is 16.4 Å². The zero-order chi connectivity index (χ0) is 19.8. The number of benzene rings is 2. The molecule has 0 saturated carbocycles. The highest BCUT2D eigenvalue weighted by molar-refractivity contribution is 7.17. The molecule has 1 aliphatic carbocycles. The molecule has 4 aromatic rings. The minimum atomic E-state index is -0.245. The van der Waals surface area contributed by atoms with E-state index in [-0.39, 0.29) is 6.03 Å². The summed E-state index contributed by atoms with van der Waals surface area (Å²) < 4.78 is 1.11. The number of thiophene rings is 1. The van der Waals surface area contributed by atoms with E-state index in [0.29, 0.717) is 5.82 Å². The molecule has 0 unspecified atom stereocenters. The summed E-state index contributed by atoms with van der Waals surface area (Å²) in [6.45, 7) is 0. The first-order chi connectivity index (χ1) is 14.2. The van der Waals surface area contributed by atoms with Crippen LogP contribution in [0.25, 0.3) is 21.2 Å². The number of aromatic nitrogens is 1. The van der Waals surface area contributed by atoms with Gasteiger partial charge in [0.2, 0.25) is 0 Å². The number of urea groups is 1. The predicted octanol–water partition coefficient (Wildman–Crippen LogP) is 5.68. The number of fused-ring (bicyclic) bond motifs is 2. The second-order valence-electron chi connectivity index (χ2n) is 7.21. The molecule has 0 atom stereocenters. The zero-order valence-corrected chi connectivity index (χ0v) is 16.6. The molecule has 0 aliphatic heterocycles. The maximum Gasteiger partial charge on any atom is 0.323 e. The van der Waals surface area contributed by atoms with Crippen LogP contribution in [0.2, 0.25) is 0 Å². The van der Waals surface area contributed by atoms with Crippen molar-refractivity contribution in [2.45, 2.75) is 19.3 Å². The lowest BCUT2D eigenvalue weighted by Crippen LogP contribution is -2.19. The largest absolute Gasteiger partial charge is 0.383 e. The number of carbonyl (C=O) groups excluding carboxylic acids is 1. The monoisotopic (exact) mass is 400 g/mol. The summed E-state index contributed by atoms with van der Waals surface area (Å²) in [5.41, 5.74) is 12.5. The fourth-order valence-electron chi connectivity index (χ4n) is 3.90. The molecule has 5 rings (SSSR count). The predicted molar refractivity (Wildman–Crippen MR) is 121 cm³/mol. The van der Waals surface area contributed by atoms with Gasteiger partial charge in [-0.05, 0) is 71.7 Å². The molecule has 0 fully saturated rings. The third-order valence-corrected chi connectivity index (χ3v) is 6.27. The molecule has 2 heterocycles. The van der Waals surface area contributed by atoms with Crippen LogP contribution in [-0.4, -0.2) is 11.0 Å². The van der Waals surface area contributed by atoms with Crippen molar-refractivity contribution in [1.82, 2.24) is 4.98 Å². The number of aryl methyl sites for hydroxylation is 2. The van der Waals surface area contributed by atoms with Crippen molar-refractivity contribution >= 4 is 44.6 Å². The van der Waals surface area contributed by atoms with Gasteiger partial charge in [-0.2, -0.15) is 0 Å². The van der Waals surface area contributed by atoms with Crippen LogP contribution in [0.3, 0.4) is 0 Å². The first kappa shape index (κ1) is 17.7. The minimum absolute atomic E-state index is 0.245. The van der Waals surface area contributed by atoms with Gasteiger partial charge in [-0.1, -0.05) is 18.2 Å². The smallest absolute Gasteiger partial charge is 0.323 e. The number of nitrogens with one attached hydrogen (secondary N) is 2. The summed E-state index contributed by atoms with van der Waals surface area (Å²) in [5, 5.41) is 8.88. The molecule has 0 saturated heterocycles. The van der Waals surface area contributed by atoms with Crippen molar-refractivity contribution in [3.05, 3.63) is 71.2 Å². The van der Waals surface area contributed by atoms with Gasteiger partial charge in [0.05, 0.1) is 0 Å². The van der Waals surface area contributed by atoms with Crippen molar-refractivity contribution in [3.63, 3.8) is 0 Å². The number of amides is 2. The van der Waals surface area contributed by atoms with Gasteiger partial charge in [0.25, 0.3) is 0 Å². The van der Waals surface area contributed by atoms with Gasteiger partial charge in [0.1, 0.15) is 5.82 Å². The van der Waals surface area contributed by atoms with Crippen LogP contribution in [0.1, 0.15) is 17.5 Å². The number of anilines is 3. The highest BCUT2D eigenvalue weighted by Crippen LogP contribution is 2.36. The van der Waals surface area contributed by atoms with E-state index in [0.717, 1.165) is 45.4 Å². The fraction of sp³-hybridized carbons (Fsp3) is 0.130. The van der Waals surface area contributed by atoms with Gasteiger partial charge in [0.15, 0.2) is 0 Å². The Kier molecular flexibility index (Phi) is 4.41. The van der Waals surface area contributed by atoms with Crippen molar-refractivity contribution in [2.24, 2.45) is 0 Å². The average molecular weight is 401 g/mol. The molecular weight excluding hydrogens is 380 g/mol. The molecule has 0 bridgehead atoms. The summed E-state index contributed by atoms with van der Waals surface area (Å²) in [7, 11) is 0. The van der Waals surface area contributed by atoms with E-state index >= 15 is 0 Å². The van der Waals surface area contributed by atoms with Gasteiger partial charge >= 0.3 is 6.03 Å². The van der Waals surface area contributed by atoms with Crippen LogP contribution in [0.5, 0.6) is 0 Å². The molecule has 144 valence electrons. The van der Waals surface area contributed by atoms with Crippen molar-refractivity contribution in [3.8, 4) is 11.1 Å². The molecule has 4 N–H and O–H groups in total. The van der Waals surface area contributed by atoms with E-state index < -0.39 is 0 Å². The maximum absolute atomic E-state index is 12.4. The second-order valence-corrected chi connectivity index (χ2v) is 8.12. The van der Waals surface area contributed by atoms with Crippen LogP contribution in [0, 0.1) is 0 Å². The van der Waals surface area contributed by atoms with Gasteiger partial charge in [-0.15, -0.1) is 11.3 Å². The molecule has 5 nitrogen and oxygen atoms in total. The summed E-state index contributed by atoms with van der Waals surface area (Å²) in [4.78, 5) is 16.6. The number of hydrogen-bond acceptors (Lipinski definition) is 4. The third kappa shape index (κ3) is 3.43. The standard InChI is InChI=1S/C23H20N4OS/c24-22-21-19(13-29-20(21)10-11-25-22)15-5-7-17(8-6-15)26-23(28)27-18-9-4-14-2-1-3-16(14)12-18/h4-13H,1-3H2,(H2,24,25)(H2,26,27,28). The summed E-state index contributed by atoms with van der Waals surface area (Å²) in [6.07, 6.45) is 5.14. The number of nitrogens with two attached hydrogens (primary N) is 1. The van der Waals surface area contributed by atoms with Gasteiger partial charge in [-0.3, -0.25) is 0 Å². The topological polar surface area (TPSA) is 80.0 Å². The number of nitrogen functional groups attached to an aromatic ring is 1. The Morgan fingerprint density at radius 1 is 0.966 bits per heavy atom. The molecule has 0 radical (unpaired) electrons. The quantitative estimate of drug-likeness (QED) is 0.414. The first-order valence-corrected chi connectivity index (χ1v) is 10.5. The van der Waals surface area contributed by atoms with E-state index in [1.54, 1.807) is 17.5 Å². The van der Waals surface area contributed by atoms with Crippen molar-refractivity contribution in [1.29, 1.82) is 0 Å². The molecule has 2 amide bonds. The summed E-state index contributed by atoms with van der Waals surface area (Å²) >= 11 is 1.65. The minimum Gasteiger partial charge on any atom is -0.383 e. The molecule has 29 heavy (non-hydrogen) atoms. The maximum atomic E-state index is 12.4. The molecular formula is C23H20N4OS. The van der Waals surface area contributed by atoms with Crippen LogP contribution in [0.4, 0.5) is 22.0 Å². The Morgan fingerprint density at radius 2 is 1.72 bits per heavy atom. The van der Waals surface area contributed by atoms with E-state index in [1.165, 1.54) is 17.5 Å². The van der Waals surface area contributed by atoms with Crippen LogP contribution >= 0.6 is 11.3 Å². The lowest BCUT2D eigenvalue weighted by atomic mass is 10.0. The fourth-order valence-corrected chi connectivity index (χ4v) is 4.87. The molecule has 2 aromatic carbocycles. The number of hydrogen-bond donors (Lipinski definition) is 3. The summed E-state index contributed by atoms with van der Waals surface area (Å²) in [5.74, 6) is 0.537. The number of carbonyl (C=O) groups is 1. The highest BCUT2D eigenvalue weighted by atomic mass is 32.1. The van der Waals surface area contributed by atoms with Gasteiger partial charge < -0.3 is 16.4 Å². The molecule has 1 aliphatic rings. The number of pyridine rings is 1. The third-order valence-electron chi connectivity index (χ3n) is 5.33. The SMILES string of the molecule is Nc1nccc2scc(-c3ccc(NC(=O)Nc4ccc5c(c4)CCC5)cc3)c12. The Morgan fingerprint density at radius 3 is 2.59 bits per heavy atom. The number of rotatable bonds is 3. The molecule has 0 spiro atoms. The van der Waals surface area contributed by atoms with Gasteiger partial charge in [-0.25, -0.2) is 9.78 Å². The Hall–Kier alpha value is -3.38. The molecule has 6 heteroatoms. The second kappa shape index (κ2) is 7.22. The lowest BCUT2D eigenvalue weighted by Gasteiger charge is -2.10. The van der Waals surface area contributed by atoms with Gasteiger partial charge in [0, 0.05) is 33.2 Å². The first-order valence-electron chi connectivity index (χ1n) is 9.59.